The number of hydrogen-bond donors (Lipinski definition) is 0. The second kappa shape index (κ2) is 10.6. The zero-order valence-electron chi connectivity index (χ0n) is 19.4. The molecule has 9 heteroatoms. The van der Waals surface area contributed by atoms with E-state index in [0.29, 0.717) is 66.9 Å². The summed E-state index contributed by atoms with van der Waals surface area (Å²) in [4.78, 5) is 15.4. The maximum absolute atomic E-state index is 13.6. The van der Waals surface area contributed by atoms with Gasteiger partial charge in [-0.3, -0.25) is 4.79 Å². The van der Waals surface area contributed by atoms with Gasteiger partial charge in [0.05, 0.1) is 24.7 Å². The zero-order valence-corrected chi connectivity index (χ0v) is 21.0. The van der Waals surface area contributed by atoms with Crippen LogP contribution in [0.2, 0.25) is 5.02 Å². The van der Waals surface area contributed by atoms with E-state index >= 15 is 0 Å². The van der Waals surface area contributed by atoms with Crippen LogP contribution in [0.3, 0.4) is 0 Å². The fourth-order valence-corrected chi connectivity index (χ4v) is 6.62. The van der Waals surface area contributed by atoms with E-state index in [4.69, 9.17) is 21.1 Å². The highest BCUT2D eigenvalue weighted by molar-refractivity contribution is 7.89. The molecular weight excluding hydrogens is 476 g/mol. The van der Waals surface area contributed by atoms with Gasteiger partial charge in [0.2, 0.25) is 15.9 Å². The van der Waals surface area contributed by atoms with Crippen molar-refractivity contribution in [2.24, 2.45) is 5.41 Å². The highest BCUT2D eigenvalue weighted by Gasteiger charge is 2.43. The topological polar surface area (TPSA) is 76.2 Å². The second-order valence-corrected chi connectivity index (χ2v) is 11.5. The first kappa shape index (κ1) is 25.0. The van der Waals surface area contributed by atoms with Crippen LogP contribution in [0, 0.1) is 12.3 Å². The first-order chi connectivity index (χ1) is 16.3. The number of benzene rings is 2. The molecule has 0 unspecified atom stereocenters. The van der Waals surface area contributed by atoms with Crippen LogP contribution in [0.5, 0.6) is 5.75 Å². The second-order valence-electron chi connectivity index (χ2n) is 9.12. The van der Waals surface area contributed by atoms with Crippen molar-refractivity contribution in [1.29, 1.82) is 0 Å². The summed E-state index contributed by atoms with van der Waals surface area (Å²) in [5.41, 5.74) is 0.0729. The molecule has 0 radical (unpaired) electrons. The molecule has 0 spiro atoms. The Kier molecular flexibility index (Phi) is 7.82. The Morgan fingerprint density at radius 1 is 1.09 bits per heavy atom. The summed E-state index contributed by atoms with van der Waals surface area (Å²) in [7, 11) is -3.70. The first-order valence-corrected chi connectivity index (χ1v) is 13.4. The minimum absolute atomic E-state index is 0.0122. The number of ether oxygens (including phenoxy) is 2. The number of halogens is 1. The van der Waals surface area contributed by atoms with Crippen LogP contribution in [0.25, 0.3) is 0 Å². The SMILES string of the molecule is Cc1ccccc1S(=O)(=O)N1CCC[C@@](COc2ccc(Cl)cc2)(CC(=O)N2CCOCC2)C1. The van der Waals surface area contributed by atoms with Gasteiger partial charge in [0.1, 0.15) is 5.75 Å². The molecule has 0 aliphatic carbocycles. The van der Waals surface area contributed by atoms with Crippen LogP contribution in [0.4, 0.5) is 0 Å². The maximum Gasteiger partial charge on any atom is 0.243 e. The quantitative estimate of drug-likeness (QED) is 0.571. The molecule has 1 amide bonds. The average Bonchev–Trinajstić information content (AvgIpc) is 2.84. The van der Waals surface area contributed by atoms with Crippen LogP contribution < -0.4 is 4.74 Å². The Morgan fingerprint density at radius 3 is 2.50 bits per heavy atom. The maximum atomic E-state index is 13.6. The lowest BCUT2D eigenvalue weighted by molar-refractivity contribution is -0.139. The molecule has 0 bridgehead atoms. The van der Waals surface area contributed by atoms with Crippen LogP contribution in [0.15, 0.2) is 53.4 Å². The van der Waals surface area contributed by atoms with Crippen molar-refractivity contribution in [3.63, 3.8) is 0 Å². The predicted molar refractivity (Wildman–Crippen MR) is 131 cm³/mol. The van der Waals surface area contributed by atoms with Crippen molar-refractivity contribution < 1.29 is 22.7 Å². The first-order valence-electron chi connectivity index (χ1n) is 11.6. The van der Waals surface area contributed by atoms with Gasteiger partial charge in [0.25, 0.3) is 0 Å². The molecule has 0 aromatic heterocycles. The van der Waals surface area contributed by atoms with Gasteiger partial charge in [0, 0.05) is 43.0 Å². The highest BCUT2D eigenvalue weighted by atomic mass is 35.5. The Hall–Kier alpha value is -2.13. The molecule has 34 heavy (non-hydrogen) atoms. The number of rotatable bonds is 7. The Balaban J connectivity index is 1.58. The number of piperidine rings is 1. The van der Waals surface area contributed by atoms with Gasteiger partial charge in [-0.15, -0.1) is 0 Å². The highest BCUT2D eigenvalue weighted by Crippen LogP contribution is 2.38. The molecule has 1 atom stereocenters. The third-order valence-corrected chi connectivity index (χ3v) is 8.84. The monoisotopic (exact) mass is 506 g/mol. The average molecular weight is 507 g/mol. The summed E-state index contributed by atoms with van der Waals surface area (Å²) in [5.74, 6) is 0.652. The minimum Gasteiger partial charge on any atom is -0.493 e. The van der Waals surface area contributed by atoms with Crippen LogP contribution in [0.1, 0.15) is 24.8 Å². The van der Waals surface area contributed by atoms with E-state index in [0.717, 1.165) is 0 Å². The Bertz CT molecular complexity index is 1100. The van der Waals surface area contributed by atoms with Crippen molar-refractivity contribution in [2.75, 3.05) is 46.0 Å². The van der Waals surface area contributed by atoms with Gasteiger partial charge in [-0.1, -0.05) is 29.8 Å². The Labute approximate surface area is 206 Å². The van der Waals surface area contributed by atoms with Gasteiger partial charge >= 0.3 is 0 Å². The van der Waals surface area contributed by atoms with E-state index in [2.05, 4.69) is 0 Å². The van der Waals surface area contributed by atoms with E-state index in [9.17, 15) is 13.2 Å². The molecule has 2 saturated heterocycles. The number of sulfonamides is 1. The molecule has 2 aromatic rings. The molecule has 184 valence electrons. The third kappa shape index (κ3) is 5.74. The predicted octanol–water partition coefficient (Wildman–Crippen LogP) is 3.75. The van der Waals surface area contributed by atoms with Gasteiger partial charge < -0.3 is 14.4 Å². The van der Waals surface area contributed by atoms with Crippen LogP contribution in [-0.2, 0) is 19.6 Å². The summed E-state index contributed by atoms with van der Waals surface area (Å²) in [6, 6.07) is 14.1. The summed E-state index contributed by atoms with van der Waals surface area (Å²) in [5, 5.41) is 0.609. The summed E-state index contributed by atoms with van der Waals surface area (Å²) in [6.45, 7) is 4.84. The third-order valence-electron chi connectivity index (χ3n) is 6.59. The molecule has 0 N–H and O–H groups in total. The molecule has 2 aliphatic rings. The fourth-order valence-electron chi connectivity index (χ4n) is 4.68. The van der Waals surface area contributed by atoms with Gasteiger partial charge in [-0.25, -0.2) is 8.42 Å². The molecule has 2 fully saturated rings. The summed E-state index contributed by atoms with van der Waals surface area (Å²) < 4.78 is 40.1. The molecule has 2 aliphatic heterocycles. The Morgan fingerprint density at radius 2 is 1.79 bits per heavy atom. The zero-order chi connectivity index (χ0) is 24.2. The summed E-state index contributed by atoms with van der Waals surface area (Å²) >= 11 is 5.99. The molecule has 2 aromatic carbocycles. The van der Waals surface area contributed by atoms with Gasteiger partial charge in [0.15, 0.2) is 0 Å². The van der Waals surface area contributed by atoms with Crippen LogP contribution >= 0.6 is 11.6 Å². The van der Waals surface area contributed by atoms with Gasteiger partial charge in [-0.05, 0) is 55.7 Å². The number of hydrogen-bond acceptors (Lipinski definition) is 5. The molecule has 0 saturated carbocycles. The van der Waals surface area contributed by atoms with Crippen molar-refractivity contribution in [3.8, 4) is 5.75 Å². The van der Waals surface area contributed by atoms with Crippen molar-refractivity contribution in [1.82, 2.24) is 9.21 Å². The normalized spacial score (nSPS) is 21.9. The van der Waals surface area contributed by atoms with E-state index in [1.54, 1.807) is 49.4 Å². The van der Waals surface area contributed by atoms with E-state index in [1.165, 1.54) is 4.31 Å². The van der Waals surface area contributed by atoms with E-state index in [1.807, 2.05) is 11.0 Å². The number of nitrogens with zero attached hydrogens (tertiary/aromatic N) is 2. The lowest BCUT2D eigenvalue weighted by Crippen LogP contribution is -2.52. The van der Waals surface area contributed by atoms with E-state index < -0.39 is 15.4 Å². The number of morpholine rings is 1. The largest absolute Gasteiger partial charge is 0.493 e. The molecule has 2 heterocycles. The standard InChI is InChI=1S/C25H31ClN2O5S/c1-20-5-2-3-6-23(20)34(30,31)28-12-4-11-25(18-28,17-24(29)27-13-15-32-16-14-27)19-33-22-9-7-21(26)8-10-22/h2-3,5-10H,4,11-19H2,1H3/t25-/m1/s1. The van der Waals surface area contributed by atoms with Crippen molar-refractivity contribution >= 4 is 27.5 Å². The van der Waals surface area contributed by atoms with Crippen LogP contribution in [-0.4, -0.2) is 69.5 Å². The van der Waals surface area contributed by atoms with Crippen molar-refractivity contribution in [3.05, 3.63) is 59.1 Å². The number of aryl methyl sites for hydroxylation is 1. The molecule has 7 nitrogen and oxygen atoms in total. The fraction of sp³-hybridized carbons (Fsp3) is 0.480. The lowest BCUT2D eigenvalue weighted by Gasteiger charge is -2.42. The van der Waals surface area contributed by atoms with Gasteiger partial charge in [-0.2, -0.15) is 4.31 Å². The smallest absolute Gasteiger partial charge is 0.243 e. The van der Waals surface area contributed by atoms with Crippen molar-refractivity contribution in [2.45, 2.75) is 31.1 Å². The number of amides is 1. The molecular formula is C25H31ClN2O5S. The number of carbonyl (C=O) groups is 1. The number of carbonyl (C=O) groups excluding carboxylic acids is 1. The summed E-state index contributed by atoms with van der Waals surface area (Å²) in [6.07, 6.45) is 1.59. The lowest BCUT2D eigenvalue weighted by atomic mass is 9.78. The van der Waals surface area contributed by atoms with E-state index in [-0.39, 0.29) is 25.5 Å². The minimum atomic E-state index is -3.70. The molecule has 4 rings (SSSR count).